The van der Waals surface area contributed by atoms with Crippen LogP contribution in [-0.2, 0) is 5.41 Å². The van der Waals surface area contributed by atoms with E-state index < -0.39 is 0 Å². The molecule has 1 heterocycles. The van der Waals surface area contributed by atoms with Gasteiger partial charge in [0.2, 0.25) is 0 Å². The number of aromatic nitrogens is 2. The Labute approximate surface area is 252 Å². The number of hydrogen-bond donors (Lipinski definition) is 0. The molecule has 8 rings (SSSR count). The monoisotopic (exact) mass is 550 g/mol. The van der Waals surface area contributed by atoms with Gasteiger partial charge in [-0.05, 0) is 51.1 Å². The van der Waals surface area contributed by atoms with Crippen LogP contribution in [0.15, 0.2) is 146 Å². The molecule has 2 heteroatoms. The Morgan fingerprint density at radius 2 is 1.00 bits per heavy atom. The molecule has 204 valence electrons. The fourth-order valence-electron chi connectivity index (χ4n) is 6.67. The topological polar surface area (TPSA) is 25.8 Å². The lowest BCUT2D eigenvalue weighted by Gasteiger charge is -2.21. The number of benzene rings is 6. The van der Waals surface area contributed by atoms with Crippen LogP contribution >= 0.6 is 0 Å². The fraction of sp³-hybridized carbons (Fsp3) is 0.0732. The third-order valence-corrected chi connectivity index (χ3v) is 8.88. The van der Waals surface area contributed by atoms with Crippen LogP contribution in [0.1, 0.15) is 25.0 Å². The lowest BCUT2D eigenvalue weighted by atomic mass is 9.82. The molecular formula is C41H30N2. The van der Waals surface area contributed by atoms with Crippen molar-refractivity contribution in [2.24, 2.45) is 0 Å². The molecule has 6 aromatic carbocycles. The van der Waals surface area contributed by atoms with Crippen LogP contribution in [0.5, 0.6) is 0 Å². The summed E-state index contributed by atoms with van der Waals surface area (Å²) in [6.45, 7) is 4.63. The van der Waals surface area contributed by atoms with E-state index in [2.05, 4.69) is 153 Å². The van der Waals surface area contributed by atoms with Gasteiger partial charge in [-0.1, -0.05) is 147 Å². The van der Waals surface area contributed by atoms with Gasteiger partial charge in [0.15, 0.2) is 5.82 Å². The molecule has 1 aliphatic rings. The maximum absolute atomic E-state index is 5.28. The predicted octanol–water partition coefficient (Wildman–Crippen LogP) is 10.6. The van der Waals surface area contributed by atoms with E-state index in [1.165, 1.54) is 38.9 Å². The molecule has 0 N–H and O–H groups in total. The maximum atomic E-state index is 5.28. The summed E-state index contributed by atoms with van der Waals surface area (Å²) in [5, 5.41) is 1.07. The zero-order valence-corrected chi connectivity index (χ0v) is 24.3. The van der Waals surface area contributed by atoms with Crippen molar-refractivity contribution >= 4 is 10.9 Å². The first-order valence-corrected chi connectivity index (χ1v) is 14.8. The fourth-order valence-corrected chi connectivity index (χ4v) is 6.67. The lowest BCUT2D eigenvalue weighted by Crippen LogP contribution is -2.14. The van der Waals surface area contributed by atoms with Gasteiger partial charge in [0.25, 0.3) is 0 Å². The number of rotatable bonds is 4. The molecule has 0 bridgehead atoms. The van der Waals surface area contributed by atoms with Gasteiger partial charge in [-0.25, -0.2) is 9.97 Å². The van der Waals surface area contributed by atoms with Crippen molar-refractivity contribution in [2.45, 2.75) is 19.3 Å². The quantitative estimate of drug-likeness (QED) is 0.218. The van der Waals surface area contributed by atoms with Crippen LogP contribution in [0.2, 0.25) is 0 Å². The van der Waals surface area contributed by atoms with E-state index in [0.29, 0.717) is 0 Å². The first-order chi connectivity index (χ1) is 21.1. The molecule has 43 heavy (non-hydrogen) atoms. The summed E-state index contributed by atoms with van der Waals surface area (Å²) < 4.78 is 0. The van der Waals surface area contributed by atoms with Crippen molar-refractivity contribution in [1.82, 2.24) is 9.97 Å². The Hall–Kier alpha value is -5.34. The second-order valence-electron chi connectivity index (χ2n) is 11.8. The van der Waals surface area contributed by atoms with Gasteiger partial charge in [0, 0.05) is 27.5 Å². The molecule has 0 saturated heterocycles. The summed E-state index contributed by atoms with van der Waals surface area (Å²) in [5.74, 6) is 0.746. The van der Waals surface area contributed by atoms with Crippen molar-refractivity contribution in [1.29, 1.82) is 0 Å². The maximum Gasteiger partial charge on any atom is 0.160 e. The molecule has 7 aromatic rings. The summed E-state index contributed by atoms with van der Waals surface area (Å²) in [4.78, 5) is 10.5. The van der Waals surface area contributed by atoms with E-state index >= 15 is 0 Å². The van der Waals surface area contributed by atoms with E-state index in [0.717, 1.165) is 39.1 Å². The smallest absolute Gasteiger partial charge is 0.160 e. The molecule has 0 saturated carbocycles. The Morgan fingerprint density at radius 3 is 1.72 bits per heavy atom. The van der Waals surface area contributed by atoms with Crippen LogP contribution in [0, 0.1) is 0 Å². The Balaban J connectivity index is 1.36. The van der Waals surface area contributed by atoms with E-state index in [1.807, 2.05) is 6.07 Å². The van der Waals surface area contributed by atoms with Gasteiger partial charge in [0.05, 0.1) is 11.2 Å². The third-order valence-electron chi connectivity index (χ3n) is 8.88. The molecule has 0 atom stereocenters. The normalized spacial score (nSPS) is 13.1. The average molecular weight is 551 g/mol. The highest BCUT2D eigenvalue weighted by Crippen LogP contribution is 2.51. The second-order valence-corrected chi connectivity index (χ2v) is 11.8. The van der Waals surface area contributed by atoms with Crippen molar-refractivity contribution < 1.29 is 0 Å². The van der Waals surface area contributed by atoms with Gasteiger partial charge in [0.1, 0.15) is 0 Å². The van der Waals surface area contributed by atoms with Gasteiger partial charge in [-0.2, -0.15) is 0 Å². The minimum atomic E-state index is -0.0954. The highest BCUT2D eigenvalue weighted by Gasteiger charge is 2.37. The highest BCUT2D eigenvalue weighted by atomic mass is 14.9. The predicted molar refractivity (Wildman–Crippen MR) is 179 cm³/mol. The molecule has 1 aromatic heterocycles. The SMILES string of the molecule is CC1(C)c2ccccc2-c2c1ccc1c(-c3cccc(-c4cccc(-c5ccccc5)c4)c3)nc(-c3ccccc3)nc21. The molecule has 0 unspecified atom stereocenters. The highest BCUT2D eigenvalue weighted by molar-refractivity contribution is 6.05. The van der Waals surface area contributed by atoms with Crippen LogP contribution in [0.3, 0.4) is 0 Å². The third kappa shape index (κ3) is 4.18. The first kappa shape index (κ1) is 25.4. The van der Waals surface area contributed by atoms with Gasteiger partial charge in [-0.3, -0.25) is 0 Å². The lowest BCUT2D eigenvalue weighted by molar-refractivity contribution is 0.661. The Bertz CT molecular complexity index is 2140. The molecule has 0 radical (unpaired) electrons. The summed E-state index contributed by atoms with van der Waals surface area (Å²) in [6.07, 6.45) is 0. The second kappa shape index (κ2) is 9.89. The van der Waals surface area contributed by atoms with E-state index in [9.17, 15) is 0 Å². The minimum Gasteiger partial charge on any atom is -0.227 e. The molecule has 0 fully saturated rings. The molecule has 0 aliphatic heterocycles. The summed E-state index contributed by atoms with van der Waals surface area (Å²) in [5.41, 5.74) is 13.9. The van der Waals surface area contributed by atoms with Crippen molar-refractivity contribution in [2.75, 3.05) is 0 Å². The number of hydrogen-bond acceptors (Lipinski definition) is 2. The van der Waals surface area contributed by atoms with Crippen LogP contribution in [0.4, 0.5) is 0 Å². The molecule has 0 amide bonds. The van der Waals surface area contributed by atoms with Crippen molar-refractivity contribution in [3.8, 4) is 56.0 Å². The largest absolute Gasteiger partial charge is 0.227 e. The van der Waals surface area contributed by atoms with E-state index in [1.54, 1.807) is 0 Å². The standard InChI is InChI=1S/C41H30N2/c1-41(2)35-22-10-9-21-33(35)37-36(41)24-23-34-38(42-40(43-39(34)37)28-15-7-4-8-16-28)32-20-12-19-31(26-32)30-18-11-17-29(25-30)27-13-5-3-6-14-27/h3-26H,1-2H3. The number of nitrogens with zero attached hydrogens (tertiary/aromatic N) is 2. The summed E-state index contributed by atoms with van der Waals surface area (Å²) in [6, 6.07) is 51.7. The van der Waals surface area contributed by atoms with E-state index in [-0.39, 0.29) is 5.41 Å². The summed E-state index contributed by atoms with van der Waals surface area (Å²) >= 11 is 0. The van der Waals surface area contributed by atoms with Crippen LogP contribution in [-0.4, -0.2) is 9.97 Å². The van der Waals surface area contributed by atoms with Gasteiger partial charge < -0.3 is 0 Å². The number of fused-ring (bicyclic) bond motifs is 5. The van der Waals surface area contributed by atoms with Crippen molar-refractivity contribution in [3.05, 3.63) is 157 Å². The van der Waals surface area contributed by atoms with E-state index in [4.69, 9.17) is 9.97 Å². The van der Waals surface area contributed by atoms with Gasteiger partial charge >= 0.3 is 0 Å². The minimum absolute atomic E-state index is 0.0954. The van der Waals surface area contributed by atoms with Gasteiger partial charge in [-0.15, -0.1) is 0 Å². The first-order valence-electron chi connectivity index (χ1n) is 14.8. The zero-order chi connectivity index (χ0) is 29.0. The Morgan fingerprint density at radius 1 is 0.442 bits per heavy atom. The van der Waals surface area contributed by atoms with Crippen molar-refractivity contribution in [3.63, 3.8) is 0 Å². The van der Waals surface area contributed by atoms with Crippen LogP contribution in [0.25, 0.3) is 66.9 Å². The molecule has 2 nitrogen and oxygen atoms in total. The average Bonchev–Trinajstić information content (AvgIpc) is 3.31. The van der Waals surface area contributed by atoms with Crippen LogP contribution < -0.4 is 0 Å². The Kier molecular flexibility index (Phi) is 5.84. The molecule has 0 spiro atoms. The summed E-state index contributed by atoms with van der Waals surface area (Å²) in [7, 11) is 0. The molecular weight excluding hydrogens is 520 g/mol. The zero-order valence-electron chi connectivity index (χ0n) is 24.3. The molecule has 1 aliphatic carbocycles.